The minimum atomic E-state index is -3.67. The van der Waals surface area contributed by atoms with Crippen LogP contribution in [-0.4, -0.2) is 36.8 Å². The van der Waals surface area contributed by atoms with Crippen molar-refractivity contribution in [1.82, 2.24) is 4.98 Å². The maximum atomic E-state index is 14.6. The fourth-order valence-electron chi connectivity index (χ4n) is 3.04. The van der Waals surface area contributed by atoms with Crippen LogP contribution < -0.4 is 15.8 Å². The first kappa shape index (κ1) is 20.1. The first-order valence-corrected chi connectivity index (χ1v) is 10.3. The SMILES string of the molecule is COc1ccccc1Nc1ccc(F)c([C@]2(C)CS(=O)(=O)C(C)(C)C(N)=N2)n1. The van der Waals surface area contributed by atoms with Crippen molar-refractivity contribution in [2.24, 2.45) is 10.7 Å². The van der Waals surface area contributed by atoms with E-state index in [2.05, 4.69) is 15.3 Å². The highest BCUT2D eigenvalue weighted by Gasteiger charge is 2.50. The van der Waals surface area contributed by atoms with Crippen LogP contribution in [0.1, 0.15) is 26.5 Å². The normalized spacial score (nSPS) is 23.0. The van der Waals surface area contributed by atoms with Crippen LogP contribution in [0.2, 0.25) is 0 Å². The van der Waals surface area contributed by atoms with Crippen molar-refractivity contribution in [2.75, 3.05) is 18.2 Å². The zero-order valence-corrected chi connectivity index (χ0v) is 17.0. The lowest BCUT2D eigenvalue weighted by Gasteiger charge is -2.37. The summed E-state index contributed by atoms with van der Waals surface area (Å²) in [7, 11) is -2.13. The molecule has 1 aromatic heterocycles. The number of rotatable bonds is 4. The number of hydrogen-bond donors (Lipinski definition) is 2. The number of ether oxygens (including phenoxy) is 1. The molecule has 0 bridgehead atoms. The van der Waals surface area contributed by atoms with Crippen LogP contribution in [0.4, 0.5) is 15.9 Å². The quantitative estimate of drug-likeness (QED) is 0.809. The van der Waals surface area contributed by atoms with Gasteiger partial charge in [0.2, 0.25) is 0 Å². The summed E-state index contributed by atoms with van der Waals surface area (Å²) < 4.78 is 44.1. The third-order valence-electron chi connectivity index (χ3n) is 4.96. The number of para-hydroxylation sites is 2. The Labute approximate surface area is 163 Å². The number of nitrogens with two attached hydrogens (primary N) is 1. The maximum absolute atomic E-state index is 14.6. The number of nitrogens with zero attached hydrogens (tertiary/aromatic N) is 2. The zero-order chi connectivity index (χ0) is 20.7. The molecule has 1 aliphatic heterocycles. The molecule has 0 unspecified atom stereocenters. The van der Waals surface area contributed by atoms with E-state index in [1.165, 1.54) is 40.0 Å². The number of methoxy groups -OCH3 is 1. The number of aliphatic imine (C=N–C) groups is 1. The molecule has 0 fully saturated rings. The van der Waals surface area contributed by atoms with E-state index in [1.54, 1.807) is 12.1 Å². The number of benzene rings is 1. The van der Waals surface area contributed by atoms with Crippen molar-refractivity contribution in [1.29, 1.82) is 0 Å². The van der Waals surface area contributed by atoms with Gasteiger partial charge < -0.3 is 15.8 Å². The van der Waals surface area contributed by atoms with Crippen molar-refractivity contribution in [3.63, 3.8) is 0 Å². The molecule has 150 valence electrons. The highest BCUT2D eigenvalue weighted by atomic mass is 32.2. The average Bonchev–Trinajstić information content (AvgIpc) is 2.62. The van der Waals surface area contributed by atoms with Gasteiger partial charge in [0.05, 0.1) is 18.6 Å². The Morgan fingerprint density at radius 1 is 1.18 bits per heavy atom. The monoisotopic (exact) mass is 406 g/mol. The van der Waals surface area contributed by atoms with Gasteiger partial charge in [-0.3, -0.25) is 4.99 Å². The molecule has 28 heavy (non-hydrogen) atoms. The van der Waals surface area contributed by atoms with Gasteiger partial charge in [-0.25, -0.2) is 17.8 Å². The fraction of sp³-hybridized carbons (Fsp3) is 0.368. The van der Waals surface area contributed by atoms with E-state index < -0.39 is 31.7 Å². The maximum Gasteiger partial charge on any atom is 0.165 e. The van der Waals surface area contributed by atoms with E-state index in [-0.39, 0.29) is 11.5 Å². The van der Waals surface area contributed by atoms with Crippen LogP contribution >= 0.6 is 0 Å². The van der Waals surface area contributed by atoms with Crippen LogP contribution in [0.5, 0.6) is 5.75 Å². The highest BCUT2D eigenvalue weighted by molar-refractivity contribution is 7.93. The van der Waals surface area contributed by atoms with Gasteiger partial charge in [-0.15, -0.1) is 0 Å². The molecule has 0 amide bonds. The Morgan fingerprint density at radius 3 is 2.50 bits per heavy atom. The number of hydrogen-bond acceptors (Lipinski definition) is 7. The molecule has 3 rings (SSSR count). The van der Waals surface area contributed by atoms with Crippen LogP contribution in [-0.2, 0) is 15.4 Å². The number of pyridine rings is 1. The summed E-state index contributed by atoms with van der Waals surface area (Å²) in [6.07, 6.45) is 0. The van der Waals surface area contributed by atoms with E-state index in [0.717, 1.165) is 0 Å². The van der Waals surface area contributed by atoms with E-state index in [1.807, 2.05) is 12.1 Å². The molecule has 0 aliphatic carbocycles. The summed E-state index contributed by atoms with van der Waals surface area (Å²) in [6.45, 7) is 4.50. The van der Waals surface area contributed by atoms with Crippen LogP contribution in [0.15, 0.2) is 41.4 Å². The molecule has 1 aromatic carbocycles. The van der Waals surface area contributed by atoms with Crippen molar-refractivity contribution < 1.29 is 17.5 Å². The number of sulfone groups is 1. The Balaban J connectivity index is 2.06. The minimum absolute atomic E-state index is 0.0643. The van der Waals surface area contributed by atoms with E-state index in [0.29, 0.717) is 17.3 Å². The van der Waals surface area contributed by atoms with Crippen LogP contribution in [0.3, 0.4) is 0 Å². The minimum Gasteiger partial charge on any atom is -0.495 e. The molecule has 0 spiro atoms. The molecule has 2 aromatic rings. The Bertz CT molecular complexity index is 1050. The first-order valence-electron chi connectivity index (χ1n) is 8.65. The molecule has 0 saturated heterocycles. The van der Waals surface area contributed by atoms with Gasteiger partial charge in [0.15, 0.2) is 9.84 Å². The van der Waals surface area contributed by atoms with E-state index in [4.69, 9.17) is 10.5 Å². The van der Waals surface area contributed by atoms with Gasteiger partial charge in [-0.2, -0.15) is 0 Å². The summed E-state index contributed by atoms with van der Waals surface area (Å²) in [5.74, 6) is -0.190. The predicted octanol–water partition coefficient (Wildman–Crippen LogP) is 2.75. The number of amidine groups is 1. The van der Waals surface area contributed by atoms with Gasteiger partial charge in [-0.1, -0.05) is 12.1 Å². The Hall–Kier alpha value is -2.68. The summed E-state index contributed by atoms with van der Waals surface area (Å²) in [6, 6.07) is 9.88. The molecule has 9 heteroatoms. The largest absolute Gasteiger partial charge is 0.495 e. The summed E-state index contributed by atoms with van der Waals surface area (Å²) >= 11 is 0. The number of nitrogens with one attached hydrogen (secondary N) is 1. The van der Waals surface area contributed by atoms with Crippen molar-refractivity contribution in [2.45, 2.75) is 31.1 Å². The van der Waals surface area contributed by atoms with Gasteiger partial charge in [-0.05, 0) is 45.0 Å². The lowest BCUT2D eigenvalue weighted by atomic mass is 9.98. The summed E-state index contributed by atoms with van der Waals surface area (Å²) in [4.78, 5) is 8.65. The third-order valence-corrected chi connectivity index (χ3v) is 7.66. The van der Waals surface area contributed by atoms with Crippen molar-refractivity contribution >= 4 is 27.2 Å². The zero-order valence-electron chi connectivity index (χ0n) is 16.2. The van der Waals surface area contributed by atoms with Crippen molar-refractivity contribution in [3.8, 4) is 5.75 Å². The molecular formula is C19H23FN4O3S. The molecule has 2 heterocycles. The second-order valence-corrected chi connectivity index (χ2v) is 9.93. The number of halogens is 1. The van der Waals surface area contributed by atoms with Gasteiger partial charge in [0.1, 0.15) is 39.2 Å². The second-order valence-electron chi connectivity index (χ2n) is 7.39. The van der Waals surface area contributed by atoms with Crippen LogP contribution in [0.25, 0.3) is 0 Å². The van der Waals surface area contributed by atoms with Gasteiger partial charge in [0, 0.05) is 0 Å². The predicted molar refractivity (Wildman–Crippen MR) is 107 cm³/mol. The summed E-state index contributed by atoms with van der Waals surface area (Å²) in [5.41, 5.74) is 5.06. The molecule has 1 atom stereocenters. The Kier molecular flexibility index (Phi) is 4.82. The molecule has 0 saturated carbocycles. The van der Waals surface area contributed by atoms with Crippen LogP contribution in [0, 0.1) is 5.82 Å². The second kappa shape index (κ2) is 6.73. The lowest BCUT2D eigenvalue weighted by Crippen LogP contribution is -2.55. The molecule has 1 aliphatic rings. The molecule has 0 radical (unpaired) electrons. The summed E-state index contributed by atoms with van der Waals surface area (Å²) in [5, 5.41) is 3.06. The van der Waals surface area contributed by atoms with E-state index >= 15 is 0 Å². The van der Waals surface area contributed by atoms with Crippen molar-refractivity contribution in [3.05, 3.63) is 47.9 Å². The smallest absolute Gasteiger partial charge is 0.165 e. The molecule has 3 N–H and O–H groups in total. The molecular weight excluding hydrogens is 383 g/mol. The first-order chi connectivity index (χ1) is 13.0. The topological polar surface area (TPSA) is 107 Å². The number of anilines is 2. The van der Waals surface area contributed by atoms with Gasteiger partial charge >= 0.3 is 0 Å². The average molecular weight is 406 g/mol. The lowest BCUT2D eigenvalue weighted by molar-refractivity contribution is 0.417. The van der Waals surface area contributed by atoms with E-state index in [9.17, 15) is 12.8 Å². The number of aromatic nitrogens is 1. The third kappa shape index (κ3) is 3.30. The highest BCUT2D eigenvalue weighted by Crippen LogP contribution is 2.37. The standard InChI is InChI=1S/C19H23FN4O3S/c1-18(2)17(21)24-19(3,11-28(18,25)26)16-12(20)9-10-15(23-16)22-13-7-5-6-8-14(13)27-4/h5-10H,11H2,1-4H3,(H2,21,24)(H,22,23)/t19-/m0/s1. The van der Waals surface area contributed by atoms with Gasteiger partial charge in [0.25, 0.3) is 0 Å². The fourth-order valence-corrected chi connectivity index (χ4v) is 4.71. The Morgan fingerprint density at radius 2 is 1.86 bits per heavy atom. The molecule has 7 nitrogen and oxygen atoms in total.